The van der Waals surface area contributed by atoms with E-state index in [4.69, 9.17) is 8.92 Å². The lowest BCUT2D eigenvalue weighted by Crippen LogP contribution is -2.10. The maximum atomic E-state index is 12.1. The van der Waals surface area contributed by atoms with Crippen LogP contribution in [0, 0.1) is 6.92 Å². The monoisotopic (exact) mass is 388 g/mol. The van der Waals surface area contributed by atoms with Crippen LogP contribution in [0.3, 0.4) is 0 Å². The average molecular weight is 388 g/mol. The topological polar surface area (TPSA) is 96.2 Å². The van der Waals surface area contributed by atoms with Gasteiger partial charge in [0.1, 0.15) is 5.75 Å². The quantitative estimate of drug-likeness (QED) is 0.544. The Morgan fingerprint density at radius 1 is 1.04 bits per heavy atom. The summed E-state index contributed by atoms with van der Waals surface area (Å²) in [6.07, 6.45) is 0.244. The first-order valence-corrected chi connectivity index (χ1v) is 9.73. The molecule has 0 aliphatic rings. The summed E-state index contributed by atoms with van der Waals surface area (Å²) in [7, 11) is -2.18. The van der Waals surface area contributed by atoms with Crippen molar-refractivity contribution in [3.8, 4) is 5.75 Å². The minimum atomic E-state index is -3.79. The van der Waals surface area contributed by atoms with Gasteiger partial charge in [0.05, 0.1) is 25.2 Å². The van der Waals surface area contributed by atoms with E-state index in [1.165, 1.54) is 16.9 Å². The van der Waals surface area contributed by atoms with Gasteiger partial charge in [-0.2, -0.15) is 13.2 Å². The average Bonchev–Trinajstić information content (AvgIpc) is 3.10. The number of benzene rings is 2. The smallest absolute Gasteiger partial charge is 0.296 e. The van der Waals surface area contributed by atoms with Crippen molar-refractivity contribution in [1.82, 2.24) is 20.2 Å². The van der Waals surface area contributed by atoms with Gasteiger partial charge in [-0.05, 0) is 42.0 Å². The highest BCUT2D eigenvalue weighted by molar-refractivity contribution is 7.86. The van der Waals surface area contributed by atoms with Crippen LogP contribution in [-0.4, -0.2) is 42.3 Å². The Balaban J connectivity index is 1.54. The number of aryl methyl sites for hydroxylation is 1. The number of methoxy groups -OCH3 is 1. The summed E-state index contributed by atoms with van der Waals surface area (Å²) in [5.74, 6) is 1.19. The third kappa shape index (κ3) is 5.11. The summed E-state index contributed by atoms with van der Waals surface area (Å²) in [6.45, 7) is 2.29. The van der Waals surface area contributed by atoms with Crippen LogP contribution >= 0.6 is 0 Å². The number of ether oxygens (including phenoxy) is 1. The molecule has 0 aliphatic heterocycles. The van der Waals surface area contributed by atoms with Gasteiger partial charge in [-0.25, -0.2) is 0 Å². The lowest BCUT2D eigenvalue weighted by atomic mass is 10.2. The number of hydrogen-bond acceptors (Lipinski definition) is 7. The van der Waals surface area contributed by atoms with E-state index in [0.717, 1.165) is 16.9 Å². The van der Waals surface area contributed by atoms with Crippen molar-refractivity contribution < 1.29 is 17.3 Å². The van der Waals surface area contributed by atoms with Gasteiger partial charge in [-0.1, -0.05) is 29.8 Å². The van der Waals surface area contributed by atoms with Gasteiger partial charge in [0.2, 0.25) is 0 Å². The van der Waals surface area contributed by atoms with Gasteiger partial charge in [-0.3, -0.25) is 4.18 Å². The van der Waals surface area contributed by atoms with Crippen LogP contribution in [0.1, 0.15) is 17.0 Å². The number of nitrogens with zero attached hydrogens (tertiary/aromatic N) is 4. The molecule has 0 atom stereocenters. The predicted octanol–water partition coefficient (Wildman–Crippen LogP) is 1.99. The summed E-state index contributed by atoms with van der Waals surface area (Å²) < 4.78 is 34.4. The van der Waals surface area contributed by atoms with Crippen LogP contribution in [0.25, 0.3) is 0 Å². The molecule has 0 N–H and O–H groups in total. The van der Waals surface area contributed by atoms with Crippen molar-refractivity contribution >= 4 is 10.1 Å². The summed E-state index contributed by atoms with van der Waals surface area (Å²) in [4.78, 5) is 1.58. The maximum absolute atomic E-state index is 12.1. The van der Waals surface area contributed by atoms with E-state index < -0.39 is 10.1 Å². The Kier molecular flexibility index (Phi) is 5.82. The molecular weight excluding hydrogens is 368 g/mol. The number of aromatic nitrogens is 4. The molecule has 0 saturated heterocycles. The molecular formula is C18H20N4O4S. The van der Waals surface area contributed by atoms with Crippen LogP contribution in [-0.2, 0) is 27.3 Å². The van der Waals surface area contributed by atoms with E-state index in [2.05, 4.69) is 15.4 Å². The van der Waals surface area contributed by atoms with Gasteiger partial charge in [0.15, 0.2) is 5.82 Å². The van der Waals surface area contributed by atoms with Gasteiger partial charge < -0.3 is 4.74 Å². The summed E-state index contributed by atoms with van der Waals surface area (Å²) in [5, 5.41) is 12.1. The predicted molar refractivity (Wildman–Crippen MR) is 97.9 cm³/mol. The molecule has 0 amide bonds. The van der Waals surface area contributed by atoms with E-state index in [1.54, 1.807) is 19.2 Å². The molecule has 9 heteroatoms. The number of tetrazole rings is 1. The van der Waals surface area contributed by atoms with Gasteiger partial charge in [0.25, 0.3) is 10.1 Å². The number of rotatable bonds is 8. The van der Waals surface area contributed by atoms with Crippen LogP contribution in [0.5, 0.6) is 5.75 Å². The highest BCUT2D eigenvalue weighted by Gasteiger charge is 2.15. The molecule has 0 bridgehead atoms. The Hall–Kier alpha value is -2.78. The Labute approximate surface area is 157 Å². The third-order valence-electron chi connectivity index (χ3n) is 3.85. The van der Waals surface area contributed by atoms with Crippen LogP contribution in [0.2, 0.25) is 0 Å². The minimum Gasteiger partial charge on any atom is -0.497 e. The second-order valence-electron chi connectivity index (χ2n) is 5.92. The SMILES string of the molecule is COc1ccc(Cn2nnc(CCOS(=O)(=O)c3ccc(C)cc3)n2)cc1. The van der Waals surface area contributed by atoms with E-state index in [1.807, 2.05) is 31.2 Å². The van der Waals surface area contributed by atoms with Gasteiger partial charge in [-0.15, -0.1) is 10.2 Å². The molecule has 3 aromatic rings. The van der Waals surface area contributed by atoms with Crippen molar-refractivity contribution in [2.45, 2.75) is 24.8 Å². The molecule has 142 valence electrons. The van der Waals surface area contributed by atoms with Crippen molar-refractivity contribution in [2.24, 2.45) is 0 Å². The van der Waals surface area contributed by atoms with Crippen molar-refractivity contribution in [3.63, 3.8) is 0 Å². The van der Waals surface area contributed by atoms with E-state index >= 15 is 0 Å². The maximum Gasteiger partial charge on any atom is 0.296 e. The molecule has 8 nitrogen and oxygen atoms in total. The molecule has 2 aromatic carbocycles. The van der Waals surface area contributed by atoms with E-state index in [0.29, 0.717) is 12.4 Å². The Morgan fingerprint density at radius 2 is 1.74 bits per heavy atom. The zero-order chi connectivity index (χ0) is 19.3. The lowest BCUT2D eigenvalue weighted by Gasteiger charge is -2.04. The molecule has 0 radical (unpaired) electrons. The zero-order valence-corrected chi connectivity index (χ0v) is 15.9. The fraction of sp³-hybridized carbons (Fsp3) is 0.278. The van der Waals surface area contributed by atoms with Gasteiger partial charge in [0, 0.05) is 6.42 Å². The molecule has 3 rings (SSSR count). The Bertz CT molecular complexity index is 983. The van der Waals surface area contributed by atoms with E-state index in [9.17, 15) is 8.42 Å². The summed E-state index contributed by atoms with van der Waals surface area (Å²) in [5.41, 5.74) is 1.98. The largest absolute Gasteiger partial charge is 0.497 e. The zero-order valence-electron chi connectivity index (χ0n) is 15.1. The first kappa shape index (κ1) is 19.0. The fourth-order valence-corrected chi connectivity index (χ4v) is 3.26. The third-order valence-corrected chi connectivity index (χ3v) is 5.18. The first-order chi connectivity index (χ1) is 13.0. The first-order valence-electron chi connectivity index (χ1n) is 8.32. The van der Waals surface area contributed by atoms with Crippen molar-refractivity contribution in [2.75, 3.05) is 13.7 Å². The second-order valence-corrected chi connectivity index (χ2v) is 7.54. The summed E-state index contributed by atoms with van der Waals surface area (Å²) in [6, 6.07) is 14.0. The lowest BCUT2D eigenvalue weighted by molar-refractivity contribution is 0.319. The molecule has 27 heavy (non-hydrogen) atoms. The summed E-state index contributed by atoms with van der Waals surface area (Å²) >= 11 is 0. The molecule has 0 saturated carbocycles. The highest BCUT2D eigenvalue weighted by Crippen LogP contribution is 2.14. The molecule has 0 unspecified atom stereocenters. The van der Waals surface area contributed by atoms with Gasteiger partial charge >= 0.3 is 0 Å². The van der Waals surface area contributed by atoms with Crippen molar-refractivity contribution in [1.29, 1.82) is 0 Å². The molecule has 0 spiro atoms. The fourth-order valence-electron chi connectivity index (χ4n) is 2.35. The number of hydrogen-bond donors (Lipinski definition) is 0. The minimum absolute atomic E-state index is 0.0512. The normalized spacial score (nSPS) is 11.5. The van der Waals surface area contributed by atoms with Crippen LogP contribution < -0.4 is 4.74 Å². The molecule has 1 aromatic heterocycles. The van der Waals surface area contributed by atoms with Crippen LogP contribution in [0.15, 0.2) is 53.4 Å². The van der Waals surface area contributed by atoms with Crippen molar-refractivity contribution in [3.05, 3.63) is 65.5 Å². The highest BCUT2D eigenvalue weighted by atomic mass is 32.2. The van der Waals surface area contributed by atoms with Crippen LogP contribution in [0.4, 0.5) is 0 Å². The molecule has 0 aliphatic carbocycles. The molecule has 1 heterocycles. The molecule has 0 fully saturated rings. The second kappa shape index (κ2) is 8.28. The Morgan fingerprint density at radius 3 is 2.41 bits per heavy atom. The van der Waals surface area contributed by atoms with E-state index in [-0.39, 0.29) is 17.9 Å². The standard InChI is InChI=1S/C18H20N4O4S/c1-14-3-9-17(10-4-14)27(23,24)26-12-11-18-19-21-22(20-18)13-15-5-7-16(25-2)8-6-15/h3-10H,11-13H2,1-2H3.